The summed E-state index contributed by atoms with van der Waals surface area (Å²) < 4.78 is 5.87. The van der Waals surface area contributed by atoms with Gasteiger partial charge in [0.15, 0.2) is 0 Å². The molecular formula is C16H16BrN3O3. The SMILES string of the molecule is COc1ccc(CCNC(=O)C(=O)Nc2ccc(Br)cn2)cc1. The van der Waals surface area contributed by atoms with Crippen molar-refractivity contribution in [2.45, 2.75) is 6.42 Å². The third kappa shape index (κ3) is 5.37. The zero-order valence-electron chi connectivity index (χ0n) is 12.5. The van der Waals surface area contributed by atoms with E-state index in [0.29, 0.717) is 18.8 Å². The van der Waals surface area contributed by atoms with Crippen LogP contribution in [-0.2, 0) is 16.0 Å². The zero-order valence-corrected chi connectivity index (χ0v) is 14.1. The number of benzene rings is 1. The molecule has 120 valence electrons. The number of ether oxygens (including phenoxy) is 1. The Labute approximate surface area is 142 Å². The Kier molecular flexibility index (Phi) is 6.10. The van der Waals surface area contributed by atoms with Crippen LogP contribution in [0.1, 0.15) is 5.56 Å². The number of carbonyl (C=O) groups excluding carboxylic acids is 2. The van der Waals surface area contributed by atoms with E-state index in [1.54, 1.807) is 19.2 Å². The molecule has 7 heteroatoms. The van der Waals surface area contributed by atoms with Crippen LogP contribution in [0.4, 0.5) is 5.82 Å². The van der Waals surface area contributed by atoms with Gasteiger partial charge in [0.05, 0.1) is 7.11 Å². The van der Waals surface area contributed by atoms with Gasteiger partial charge in [0.25, 0.3) is 0 Å². The highest BCUT2D eigenvalue weighted by Crippen LogP contribution is 2.11. The lowest BCUT2D eigenvalue weighted by atomic mass is 10.1. The molecule has 0 aliphatic carbocycles. The maximum atomic E-state index is 11.7. The minimum atomic E-state index is -0.741. The smallest absolute Gasteiger partial charge is 0.314 e. The molecule has 0 radical (unpaired) electrons. The first-order valence-corrected chi connectivity index (χ1v) is 7.71. The summed E-state index contributed by atoms with van der Waals surface area (Å²) in [6.07, 6.45) is 2.16. The van der Waals surface area contributed by atoms with Gasteiger partial charge in [-0.1, -0.05) is 12.1 Å². The van der Waals surface area contributed by atoms with Crippen LogP contribution in [0.15, 0.2) is 47.1 Å². The fraction of sp³-hybridized carbons (Fsp3) is 0.188. The minimum Gasteiger partial charge on any atom is -0.497 e. The number of hydrogen-bond acceptors (Lipinski definition) is 4. The van der Waals surface area contributed by atoms with Gasteiger partial charge in [-0.15, -0.1) is 0 Å². The van der Waals surface area contributed by atoms with Crippen LogP contribution in [0.5, 0.6) is 5.75 Å². The second-order valence-corrected chi connectivity index (χ2v) is 5.59. The van der Waals surface area contributed by atoms with Gasteiger partial charge in [0.1, 0.15) is 11.6 Å². The van der Waals surface area contributed by atoms with E-state index in [2.05, 4.69) is 31.5 Å². The van der Waals surface area contributed by atoms with Gasteiger partial charge in [0, 0.05) is 17.2 Å². The Balaban J connectivity index is 1.77. The van der Waals surface area contributed by atoms with Crippen molar-refractivity contribution in [2.24, 2.45) is 0 Å². The van der Waals surface area contributed by atoms with Crippen molar-refractivity contribution in [3.8, 4) is 5.75 Å². The molecule has 0 aliphatic rings. The lowest BCUT2D eigenvalue weighted by Crippen LogP contribution is -2.36. The topological polar surface area (TPSA) is 80.3 Å². The van der Waals surface area contributed by atoms with E-state index >= 15 is 0 Å². The monoisotopic (exact) mass is 377 g/mol. The van der Waals surface area contributed by atoms with Gasteiger partial charge in [-0.05, 0) is 52.2 Å². The average molecular weight is 378 g/mol. The van der Waals surface area contributed by atoms with Crippen LogP contribution in [0, 0.1) is 0 Å². The van der Waals surface area contributed by atoms with E-state index in [4.69, 9.17) is 4.74 Å². The summed E-state index contributed by atoms with van der Waals surface area (Å²) in [5.74, 6) is -0.333. The molecule has 2 aromatic rings. The number of rotatable bonds is 5. The molecule has 2 N–H and O–H groups in total. The summed E-state index contributed by atoms with van der Waals surface area (Å²) in [5, 5.41) is 5.01. The Morgan fingerprint density at radius 3 is 2.48 bits per heavy atom. The predicted octanol–water partition coefficient (Wildman–Crippen LogP) is 2.15. The minimum absolute atomic E-state index is 0.323. The fourth-order valence-corrected chi connectivity index (χ4v) is 2.05. The van der Waals surface area contributed by atoms with Gasteiger partial charge in [-0.25, -0.2) is 4.98 Å². The van der Waals surface area contributed by atoms with Crippen LogP contribution >= 0.6 is 15.9 Å². The number of amides is 2. The summed E-state index contributed by atoms with van der Waals surface area (Å²) in [7, 11) is 1.61. The summed E-state index contributed by atoms with van der Waals surface area (Å²) in [6.45, 7) is 0.367. The Hall–Kier alpha value is -2.41. The third-order valence-electron chi connectivity index (χ3n) is 3.03. The summed E-state index contributed by atoms with van der Waals surface area (Å²) in [4.78, 5) is 27.4. The van der Waals surface area contributed by atoms with E-state index in [1.807, 2.05) is 24.3 Å². The summed E-state index contributed by atoms with van der Waals surface area (Å²) in [6, 6.07) is 10.9. The lowest BCUT2D eigenvalue weighted by Gasteiger charge is -2.07. The van der Waals surface area contributed by atoms with Crippen LogP contribution < -0.4 is 15.4 Å². The molecule has 0 atom stereocenters. The highest BCUT2D eigenvalue weighted by atomic mass is 79.9. The van der Waals surface area contributed by atoms with Crippen molar-refractivity contribution in [2.75, 3.05) is 19.0 Å². The number of aromatic nitrogens is 1. The number of anilines is 1. The van der Waals surface area contributed by atoms with Crippen LogP contribution in [0.2, 0.25) is 0 Å². The first kappa shape index (κ1) is 17.0. The molecule has 2 rings (SSSR count). The molecule has 23 heavy (non-hydrogen) atoms. The Morgan fingerprint density at radius 1 is 1.13 bits per heavy atom. The van der Waals surface area contributed by atoms with Gasteiger partial charge in [0.2, 0.25) is 0 Å². The fourth-order valence-electron chi connectivity index (χ4n) is 1.82. The van der Waals surface area contributed by atoms with Gasteiger partial charge in [-0.3, -0.25) is 9.59 Å². The molecule has 0 fully saturated rings. The molecular weight excluding hydrogens is 362 g/mol. The van der Waals surface area contributed by atoms with Crippen molar-refractivity contribution in [3.63, 3.8) is 0 Å². The van der Waals surface area contributed by atoms with E-state index < -0.39 is 11.8 Å². The van der Waals surface area contributed by atoms with E-state index in [9.17, 15) is 9.59 Å². The summed E-state index contributed by atoms with van der Waals surface area (Å²) >= 11 is 3.24. The molecule has 0 saturated carbocycles. The van der Waals surface area contributed by atoms with Gasteiger partial charge in [-0.2, -0.15) is 0 Å². The molecule has 6 nitrogen and oxygen atoms in total. The van der Waals surface area contributed by atoms with E-state index in [0.717, 1.165) is 15.8 Å². The second kappa shape index (κ2) is 8.28. The Morgan fingerprint density at radius 2 is 1.87 bits per heavy atom. The van der Waals surface area contributed by atoms with Gasteiger partial charge < -0.3 is 15.4 Å². The van der Waals surface area contributed by atoms with Crippen LogP contribution in [-0.4, -0.2) is 30.5 Å². The lowest BCUT2D eigenvalue weighted by molar-refractivity contribution is -0.136. The molecule has 0 unspecified atom stereocenters. The first-order valence-electron chi connectivity index (χ1n) is 6.92. The molecule has 1 heterocycles. The number of carbonyl (C=O) groups is 2. The van der Waals surface area contributed by atoms with E-state index in [1.165, 1.54) is 6.20 Å². The Bertz CT molecular complexity index is 672. The van der Waals surface area contributed by atoms with Crippen molar-refractivity contribution in [1.82, 2.24) is 10.3 Å². The number of methoxy groups -OCH3 is 1. The second-order valence-electron chi connectivity index (χ2n) is 4.67. The molecule has 0 saturated heterocycles. The average Bonchev–Trinajstić information content (AvgIpc) is 2.57. The molecule has 0 bridgehead atoms. The largest absolute Gasteiger partial charge is 0.497 e. The number of halogens is 1. The number of hydrogen-bond donors (Lipinski definition) is 2. The number of pyridine rings is 1. The standard InChI is InChI=1S/C16H16BrN3O3/c1-23-13-5-2-11(3-6-13)8-9-18-15(21)16(22)20-14-7-4-12(17)10-19-14/h2-7,10H,8-9H2,1H3,(H,18,21)(H,19,20,22). The van der Waals surface area contributed by atoms with Crippen molar-refractivity contribution in [1.29, 1.82) is 0 Å². The highest BCUT2D eigenvalue weighted by Gasteiger charge is 2.13. The predicted molar refractivity (Wildman–Crippen MR) is 90.3 cm³/mol. The number of nitrogens with one attached hydrogen (secondary N) is 2. The number of nitrogens with zero attached hydrogens (tertiary/aromatic N) is 1. The van der Waals surface area contributed by atoms with Crippen LogP contribution in [0.25, 0.3) is 0 Å². The molecule has 1 aromatic heterocycles. The molecule has 2 amide bonds. The molecule has 1 aromatic carbocycles. The van der Waals surface area contributed by atoms with Crippen molar-refractivity contribution >= 4 is 33.6 Å². The molecule has 0 aliphatic heterocycles. The molecule has 0 spiro atoms. The highest BCUT2D eigenvalue weighted by molar-refractivity contribution is 9.10. The quantitative estimate of drug-likeness (QED) is 0.782. The van der Waals surface area contributed by atoms with Gasteiger partial charge >= 0.3 is 11.8 Å². The van der Waals surface area contributed by atoms with E-state index in [-0.39, 0.29) is 0 Å². The summed E-state index contributed by atoms with van der Waals surface area (Å²) in [5.41, 5.74) is 1.04. The van der Waals surface area contributed by atoms with Crippen molar-refractivity contribution in [3.05, 3.63) is 52.6 Å². The normalized spacial score (nSPS) is 10.0. The van der Waals surface area contributed by atoms with Crippen molar-refractivity contribution < 1.29 is 14.3 Å². The zero-order chi connectivity index (χ0) is 16.7. The first-order chi connectivity index (χ1) is 11.1. The maximum absolute atomic E-state index is 11.7. The maximum Gasteiger partial charge on any atom is 0.314 e. The van der Waals surface area contributed by atoms with Crippen LogP contribution in [0.3, 0.4) is 0 Å². The third-order valence-corrected chi connectivity index (χ3v) is 3.50.